The molecule has 17 heavy (non-hydrogen) atoms. The standard InChI is InChI=1S/C13H23N3S/c1-3-10-4-6-11(7-5-10)16(2)9-12-8-15-13(14)17-12/h8,10-11H,3-7,9H2,1-2H3,(H2,14,15). The van der Waals surface area contributed by atoms with Crippen molar-refractivity contribution in [3.05, 3.63) is 11.1 Å². The van der Waals surface area contributed by atoms with Crippen LogP contribution in [0.1, 0.15) is 43.9 Å². The Hall–Kier alpha value is -0.610. The highest BCUT2D eigenvalue weighted by molar-refractivity contribution is 7.15. The third-order valence-electron chi connectivity index (χ3n) is 3.99. The van der Waals surface area contributed by atoms with E-state index in [2.05, 4.69) is 23.9 Å². The first-order valence-electron chi connectivity index (χ1n) is 6.59. The summed E-state index contributed by atoms with van der Waals surface area (Å²) >= 11 is 1.61. The Bertz CT molecular complexity index is 342. The maximum Gasteiger partial charge on any atom is 0.180 e. The highest BCUT2D eigenvalue weighted by Crippen LogP contribution is 2.30. The minimum absolute atomic E-state index is 0.683. The third kappa shape index (κ3) is 3.42. The molecule has 0 aromatic carbocycles. The van der Waals surface area contributed by atoms with E-state index in [0.29, 0.717) is 5.13 Å². The zero-order valence-electron chi connectivity index (χ0n) is 10.9. The summed E-state index contributed by atoms with van der Waals surface area (Å²) in [6.45, 7) is 3.31. The second kappa shape index (κ2) is 5.83. The maximum atomic E-state index is 5.66. The van der Waals surface area contributed by atoms with E-state index in [1.54, 1.807) is 11.3 Å². The summed E-state index contributed by atoms with van der Waals surface area (Å²) in [6.07, 6.45) is 8.76. The first kappa shape index (κ1) is 12.8. The van der Waals surface area contributed by atoms with Gasteiger partial charge < -0.3 is 5.73 Å². The van der Waals surface area contributed by atoms with E-state index in [-0.39, 0.29) is 0 Å². The number of hydrogen-bond donors (Lipinski definition) is 1. The molecule has 0 aliphatic heterocycles. The molecule has 2 N–H and O–H groups in total. The van der Waals surface area contributed by atoms with Gasteiger partial charge in [0, 0.05) is 23.7 Å². The summed E-state index contributed by atoms with van der Waals surface area (Å²) in [4.78, 5) is 7.86. The van der Waals surface area contributed by atoms with E-state index in [4.69, 9.17) is 5.73 Å². The Balaban J connectivity index is 1.82. The Morgan fingerprint density at radius 3 is 2.65 bits per heavy atom. The van der Waals surface area contributed by atoms with E-state index < -0.39 is 0 Å². The van der Waals surface area contributed by atoms with Crippen LogP contribution in [0.4, 0.5) is 5.13 Å². The number of anilines is 1. The van der Waals surface area contributed by atoms with Crippen LogP contribution in [0.2, 0.25) is 0 Å². The second-order valence-electron chi connectivity index (χ2n) is 5.16. The van der Waals surface area contributed by atoms with E-state index in [9.17, 15) is 0 Å². The lowest BCUT2D eigenvalue weighted by atomic mass is 9.84. The average molecular weight is 253 g/mol. The van der Waals surface area contributed by atoms with Gasteiger partial charge in [0.2, 0.25) is 0 Å². The highest BCUT2D eigenvalue weighted by atomic mass is 32.1. The van der Waals surface area contributed by atoms with Crippen molar-refractivity contribution in [1.82, 2.24) is 9.88 Å². The van der Waals surface area contributed by atoms with Crippen molar-refractivity contribution in [2.24, 2.45) is 5.92 Å². The molecule has 1 saturated carbocycles. The summed E-state index contributed by atoms with van der Waals surface area (Å²) < 4.78 is 0. The molecule has 0 spiro atoms. The lowest BCUT2D eigenvalue weighted by Crippen LogP contribution is -2.34. The molecule has 0 radical (unpaired) electrons. The Morgan fingerprint density at radius 2 is 2.12 bits per heavy atom. The van der Waals surface area contributed by atoms with Crippen molar-refractivity contribution in [1.29, 1.82) is 0 Å². The normalized spacial score (nSPS) is 25.4. The number of rotatable bonds is 4. The molecule has 0 amide bonds. The van der Waals surface area contributed by atoms with Gasteiger partial charge in [0.25, 0.3) is 0 Å². The smallest absolute Gasteiger partial charge is 0.180 e. The maximum absolute atomic E-state index is 5.66. The van der Waals surface area contributed by atoms with Gasteiger partial charge >= 0.3 is 0 Å². The molecule has 1 aromatic heterocycles. The lowest BCUT2D eigenvalue weighted by Gasteiger charge is -2.34. The molecule has 1 aromatic rings. The van der Waals surface area contributed by atoms with Crippen LogP contribution in [-0.2, 0) is 6.54 Å². The van der Waals surface area contributed by atoms with Crippen molar-refractivity contribution < 1.29 is 0 Å². The zero-order valence-corrected chi connectivity index (χ0v) is 11.7. The predicted octanol–water partition coefficient (Wildman–Crippen LogP) is 3.13. The Labute approximate surface area is 108 Å². The summed E-state index contributed by atoms with van der Waals surface area (Å²) in [6, 6.07) is 0.751. The molecule has 0 bridgehead atoms. The number of aromatic nitrogens is 1. The van der Waals surface area contributed by atoms with Gasteiger partial charge in [-0.15, -0.1) is 11.3 Å². The average Bonchev–Trinajstić information content (AvgIpc) is 2.75. The topological polar surface area (TPSA) is 42.2 Å². The summed E-state index contributed by atoms with van der Waals surface area (Å²) in [7, 11) is 2.23. The van der Waals surface area contributed by atoms with E-state index in [1.165, 1.54) is 37.0 Å². The quantitative estimate of drug-likeness (QED) is 0.896. The van der Waals surface area contributed by atoms with Crippen molar-refractivity contribution in [3.8, 4) is 0 Å². The fraction of sp³-hybridized carbons (Fsp3) is 0.769. The monoisotopic (exact) mass is 253 g/mol. The predicted molar refractivity (Wildman–Crippen MR) is 74.0 cm³/mol. The van der Waals surface area contributed by atoms with Crippen LogP contribution in [-0.4, -0.2) is 23.0 Å². The van der Waals surface area contributed by atoms with Crippen LogP contribution in [0, 0.1) is 5.92 Å². The Kier molecular flexibility index (Phi) is 4.40. The molecule has 3 nitrogen and oxygen atoms in total. The first-order chi connectivity index (χ1) is 8.19. The Morgan fingerprint density at radius 1 is 1.41 bits per heavy atom. The summed E-state index contributed by atoms with van der Waals surface area (Å²) in [5, 5.41) is 0.683. The molecule has 0 unspecified atom stereocenters. The van der Waals surface area contributed by atoms with Crippen LogP contribution in [0.3, 0.4) is 0 Å². The van der Waals surface area contributed by atoms with E-state index in [1.807, 2.05) is 6.20 Å². The minimum Gasteiger partial charge on any atom is -0.375 e. The van der Waals surface area contributed by atoms with Crippen LogP contribution >= 0.6 is 11.3 Å². The fourth-order valence-corrected chi connectivity index (χ4v) is 3.51. The molecule has 1 fully saturated rings. The largest absolute Gasteiger partial charge is 0.375 e. The SMILES string of the molecule is CCC1CCC(N(C)Cc2cnc(N)s2)CC1. The zero-order chi connectivity index (χ0) is 12.3. The van der Waals surface area contributed by atoms with Crippen molar-refractivity contribution in [2.45, 2.75) is 51.6 Å². The molecule has 96 valence electrons. The first-order valence-corrected chi connectivity index (χ1v) is 7.41. The molecule has 1 heterocycles. The van der Waals surface area contributed by atoms with Crippen LogP contribution < -0.4 is 5.73 Å². The van der Waals surface area contributed by atoms with Gasteiger partial charge in [-0.1, -0.05) is 13.3 Å². The number of nitrogens with two attached hydrogens (primary N) is 1. The van der Waals surface area contributed by atoms with Gasteiger partial charge in [-0.2, -0.15) is 0 Å². The van der Waals surface area contributed by atoms with Gasteiger partial charge in [0.15, 0.2) is 5.13 Å². The fourth-order valence-electron chi connectivity index (χ4n) is 2.76. The third-order valence-corrected chi connectivity index (χ3v) is 4.80. The van der Waals surface area contributed by atoms with E-state index in [0.717, 1.165) is 18.5 Å². The van der Waals surface area contributed by atoms with Crippen molar-refractivity contribution in [3.63, 3.8) is 0 Å². The van der Waals surface area contributed by atoms with Gasteiger partial charge in [-0.25, -0.2) is 4.98 Å². The lowest BCUT2D eigenvalue weighted by molar-refractivity contribution is 0.158. The summed E-state index contributed by atoms with van der Waals surface area (Å²) in [5.74, 6) is 0.971. The van der Waals surface area contributed by atoms with Crippen molar-refractivity contribution >= 4 is 16.5 Å². The molecule has 2 rings (SSSR count). The highest BCUT2D eigenvalue weighted by Gasteiger charge is 2.23. The van der Waals surface area contributed by atoms with Gasteiger partial charge in [0.05, 0.1) is 0 Å². The molecule has 1 aliphatic rings. The number of thiazole rings is 1. The van der Waals surface area contributed by atoms with Gasteiger partial charge in [0.1, 0.15) is 0 Å². The minimum atomic E-state index is 0.683. The number of nitrogens with zero attached hydrogens (tertiary/aromatic N) is 2. The van der Waals surface area contributed by atoms with Crippen LogP contribution in [0.5, 0.6) is 0 Å². The second-order valence-corrected chi connectivity index (χ2v) is 6.31. The van der Waals surface area contributed by atoms with E-state index >= 15 is 0 Å². The summed E-state index contributed by atoms with van der Waals surface area (Å²) in [5.41, 5.74) is 5.66. The molecule has 0 atom stereocenters. The molecule has 1 aliphatic carbocycles. The van der Waals surface area contributed by atoms with Gasteiger partial charge in [-0.05, 0) is 38.6 Å². The number of hydrogen-bond acceptors (Lipinski definition) is 4. The van der Waals surface area contributed by atoms with Crippen molar-refractivity contribution in [2.75, 3.05) is 12.8 Å². The molecular weight excluding hydrogens is 230 g/mol. The van der Waals surface area contributed by atoms with Gasteiger partial charge in [-0.3, -0.25) is 4.90 Å². The molecule has 0 saturated heterocycles. The molecular formula is C13H23N3S. The number of nitrogen functional groups attached to an aromatic ring is 1. The van der Waals surface area contributed by atoms with Crippen LogP contribution in [0.25, 0.3) is 0 Å². The molecule has 4 heteroatoms. The van der Waals surface area contributed by atoms with Crippen LogP contribution in [0.15, 0.2) is 6.20 Å².